The van der Waals surface area contributed by atoms with Crippen molar-refractivity contribution in [3.05, 3.63) is 157 Å². The number of carbonyl (C=O) groups excluding carboxylic acids is 7. The molecule has 3 aliphatic rings. The molecule has 0 spiro atoms. The van der Waals surface area contributed by atoms with Crippen LogP contribution < -0.4 is 36.9 Å². The Bertz CT molecular complexity index is 3660. The number of pyridine rings is 2. The molecule has 21 nitrogen and oxygen atoms in total. The topological polar surface area (TPSA) is 281 Å². The zero-order valence-electron chi connectivity index (χ0n) is 45.0. The van der Waals surface area contributed by atoms with E-state index in [1.165, 1.54) is 10.6 Å². The van der Waals surface area contributed by atoms with Crippen molar-refractivity contribution >= 4 is 58.3 Å². The highest BCUT2D eigenvalue weighted by Gasteiger charge is 2.46. The van der Waals surface area contributed by atoms with E-state index in [-0.39, 0.29) is 76.2 Å². The lowest BCUT2D eigenvalue weighted by molar-refractivity contribution is -0.172. The number of nitrogens with one attached hydrogen (secondary N) is 5. The average Bonchev–Trinajstić information content (AvgIpc) is 1.56. The molecule has 2 unspecified atom stereocenters. The van der Waals surface area contributed by atoms with Crippen molar-refractivity contribution in [3.8, 4) is 17.1 Å². The minimum Gasteiger partial charge on any atom is -0.458 e. The predicted molar refractivity (Wildman–Crippen MR) is 285 cm³/mol. The molecule has 0 bridgehead atoms. The van der Waals surface area contributed by atoms with E-state index >= 15 is 4.39 Å². The first-order valence-corrected chi connectivity index (χ1v) is 26.5. The van der Waals surface area contributed by atoms with Crippen molar-refractivity contribution in [1.29, 1.82) is 0 Å². The molecule has 2 aliphatic heterocycles. The molecule has 5 amide bonds. The lowest BCUT2D eigenvalue weighted by Gasteiger charge is -2.31. The van der Waals surface area contributed by atoms with Crippen LogP contribution in [-0.4, -0.2) is 95.8 Å². The third-order valence-electron chi connectivity index (χ3n) is 14.4. The number of esters is 2. The number of carbonyl (C=O) groups is 7. The third-order valence-corrected chi connectivity index (χ3v) is 14.4. The Morgan fingerprint density at radius 1 is 0.810 bits per heavy atom. The van der Waals surface area contributed by atoms with Gasteiger partial charge in [0, 0.05) is 40.8 Å². The monoisotopic (exact) mass is 1170 g/mol. The highest BCUT2D eigenvalue weighted by Crippen LogP contribution is 2.46. The number of aromatic nitrogens is 2. The van der Waals surface area contributed by atoms with Gasteiger partial charge in [-0.05, 0) is 72.2 Å². The van der Waals surface area contributed by atoms with Crippen LogP contribution in [0.1, 0.15) is 89.2 Å². The van der Waals surface area contributed by atoms with Crippen molar-refractivity contribution < 1.29 is 84.3 Å². The predicted octanol–water partition coefficient (Wildman–Crippen LogP) is 5.44. The maximum atomic E-state index is 15.4. The quantitative estimate of drug-likeness (QED) is 0.0162. The van der Waals surface area contributed by atoms with Crippen molar-refractivity contribution in [3.63, 3.8) is 0 Å². The van der Waals surface area contributed by atoms with Gasteiger partial charge in [0.25, 0.3) is 5.56 Å². The van der Waals surface area contributed by atoms with Crippen molar-refractivity contribution in [1.82, 2.24) is 30.8 Å². The fourth-order valence-corrected chi connectivity index (χ4v) is 10.1. The Morgan fingerprint density at radius 3 is 2.20 bits per heavy atom. The molecule has 84 heavy (non-hydrogen) atoms. The molecule has 0 saturated heterocycles. The molecule has 4 heterocycles. The number of rotatable bonds is 22. The summed E-state index contributed by atoms with van der Waals surface area (Å²) in [5.74, 6) is -14.0. The fraction of sp³-hybridized carbons (Fsp3) is 0.328. The molecule has 26 heteroatoms. The summed E-state index contributed by atoms with van der Waals surface area (Å²) in [5, 5.41) is 25.1. The first-order valence-electron chi connectivity index (χ1n) is 26.5. The summed E-state index contributed by atoms with van der Waals surface area (Å²) >= 11 is 0. The zero-order chi connectivity index (χ0) is 60.0. The number of alkyl carbamates (subject to hydrolysis) is 1. The number of nitrogens with zero attached hydrogens (tertiary/aromatic N) is 2. The Labute approximate surface area is 474 Å². The molecule has 4 aromatic carbocycles. The van der Waals surface area contributed by atoms with Gasteiger partial charge in [-0.1, -0.05) is 49.4 Å². The summed E-state index contributed by atoms with van der Waals surface area (Å²) in [5.41, 5.74) is 2.42. The van der Waals surface area contributed by atoms with Gasteiger partial charge in [0.15, 0.2) is 17.2 Å². The Balaban J connectivity index is 0.718. The van der Waals surface area contributed by atoms with Crippen LogP contribution in [0.4, 0.5) is 32.4 Å². The molecular weight excluding hydrogens is 1110 g/mol. The minimum absolute atomic E-state index is 0.0312. The summed E-state index contributed by atoms with van der Waals surface area (Å²) < 4.78 is 96.7. The van der Waals surface area contributed by atoms with Gasteiger partial charge < -0.3 is 59.9 Å². The molecule has 2 aromatic heterocycles. The lowest BCUT2D eigenvalue weighted by Crippen LogP contribution is -2.45. The second-order valence-electron chi connectivity index (χ2n) is 19.8. The molecule has 1 aliphatic carbocycles. The van der Waals surface area contributed by atoms with Gasteiger partial charge in [-0.3, -0.25) is 28.8 Å². The van der Waals surface area contributed by atoms with Gasteiger partial charge in [0.1, 0.15) is 25.1 Å². The number of halogens is 5. The van der Waals surface area contributed by atoms with Gasteiger partial charge in [-0.25, -0.2) is 27.7 Å². The van der Waals surface area contributed by atoms with Crippen LogP contribution in [0, 0.1) is 36.0 Å². The SMILES string of the molecule is CC[C@@]1(O)C(=O)OCc2c1cc1n(c2=O)Cc2c-1nc1cc(F)c(C)c3c1c2C(NC(=O)OCc1ccc(NC(=O)CNC(=O)C(NC(=O)CNC(=O)CCOCCOCCC(=O)Oc2c(F)c(F)cc(F)c2F)c2ccccc2)cc1)CC3. The zero-order valence-corrected chi connectivity index (χ0v) is 45.0. The molecule has 0 fully saturated rings. The number of fused-ring (bicyclic) bond motifs is 5. The molecule has 6 aromatic rings. The number of aryl methyl sites for hydroxylation is 1. The van der Waals surface area contributed by atoms with Gasteiger partial charge in [0.2, 0.25) is 41.0 Å². The number of amides is 5. The average molecular weight is 1170 g/mol. The standard InChI is InChI=1S/C58H54F5N7O14/c1-3-58(79)36-21-42-52-34(26-70(42)55(76)35(36)28-82-56(58)77)48-40(14-13-33-29(2)37(59)23-41(67-52)47(33)48)68-57(78)83-27-30-9-11-32(12-10-30)66-44(72)25-65-54(75)51(31-7-5-4-6-8-31)69-45(73)24-64-43(71)15-17-80-19-20-81-18-16-46(74)84-53-49(62)38(60)22-39(61)50(53)63/h4-12,21-23,40,51,79H,3,13-20,24-28H2,1-2H3,(H,64,71)(H,65,75)(H,66,72)(H,68,78)(H,69,73)/t40?,51?,58-/m0/s1. The number of hydrogen-bond acceptors (Lipinski definition) is 15. The van der Waals surface area contributed by atoms with Crippen LogP contribution in [0.3, 0.4) is 0 Å². The fourth-order valence-electron chi connectivity index (χ4n) is 10.1. The summed E-state index contributed by atoms with van der Waals surface area (Å²) in [4.78, 5) is 109. The molecule has 0 saturated carbocycles. The van der Waals surface area contributed by atoms with Gasteiger partial charge >= 0.3 is 18.0 Å². The number of benzene rings is 4. The van der Waals surface area contributed by atoms with E-state index in [1.54, 1.807) is 74.5 Å². The van der Waals surface area contributed by atoms with Crippen LogP contribution in [0.15, 0.2) is 77.6 Å². The van der Waals surface area contributed by atoms with Gasteiger partial charge in [-0.2, -0.15) is 8.78 Å². The molecule has 9 rings (SSSR count). The molecule has 3 atom stereocenters. The largest absolute Gasteiger partial charge is 0.458 e. The minimum atomic E-state index is -2.06. The molecule has 0 radical (unpaired) electrons. The van der Waals surface area contributed by atoms with Gasteiger partial charge in [0.05, 0.1) is 81.0 Å². The molecule has 440 valence electrons. The first-order chi connectivity index (χ1) is 40.3. The second kappa shape index (κ2) is 25.6. The molecular formula is C58H54F5N7O14. The maximum Gasteiger partial charge on any atom is 0.407 e. The van der Waals surface area contributed by atoms with E-state index < -0.39 is 119 Å². The van der Waals surface area contributed by atoms with Crippen LogP contribution in [-0.2, 0) is 79.5 Å². The number of hydrogen-bond donors (Lipinski definition) is 6. The Morgan fingerprint density at radius 2 is 1.50 bits per heavy atom. The molecule has 6 N–H and O–H groups in total. The maximum absolute atomic E-state index is 15.4. The van der Waals surface area contributed by atoms with Crippen molar-refractivity contribution in [2.75, 3.05) is 44.8 Å². The highest BCUT2D eigenvalue weighted by atomic mass is 19.2. The lowest BCUT2D eigenvalue weighted by atomic mass is 9.81. The number of aliphatic hydroxyl groups is 1. The van der Waals surface area contributed by atoms with Crippen molar-refractivity contribution in [2.45, 2.75) is 83.4 Å². The van der Waals surface area contributed by atoms with E-state index in [0.717, 1.165) is 5.56 Å². The number of anilines is 1. The van der Waals surface area contributed by atoms with E-state index in [4.69, 9.17) is 23.9 Å². The first kappa shape index (κ1) is 59.5. The smallest absolute Gasteiger partial charge is 0.407 e. The Hall–Kier alpha value is -9.14. The third kappa shape index (κ3) is 12.7. The summed E-state index contributed by atoms with van der Waals surface area (Å²) in [6.07, 6.45) is -0.773. The summed E-state index contributed by atoms with van der Waals surface area (Å²) in [6, 6.07) is 15.4. The van der Waals surface area contributed by atoms with E-state index in [1.807, 2.05) is 0 Å². The summed E-state index contributed by atoms with van der Waals surface area (Å²) in [7, 11) is 0. The van der Waals surface area contributed by atoms with Crippen LogP contribution in [0.25, 0.3) is 22.3 Å². The van der Waals surface area contributed by atoms with E-state index in [2.05, 4.69) is 31.3 Å². The van der Waals surface area contributed by atoms with Gasteiger partial charge in [-0.15, -0.1) is 0 Å². The van der Waals surface area contributed by atoms with Crippen LogP contribution >= 0.6 is 0 Å². The van der Waals surface area contributed by atoms with Crippen LogP contribution in [0.5, 0.6) is 5.75 Å². The Kier molecular flexibility index (Phi) is 18.1. The normalized spacial score (nSPS) is 15.9. The number of cyclic esters (lactones) is 1. The highest BCUT2D eigenvalue weighted by molar-refractivity contribution is 5.97. The van der Waals surface area contributed by atoms with Crippen LogP contribution in [0.2, 0.25) is 0 Å². The van der Waals surface area contributed by atoms with Crippen molar-refractivity contribution in [2.24, 2.45) is 0 Å². The summed E-state index contributed by atoms with van der Waals surface area (Å²) in [6.45, 7) is 1.25. The van der Waals surface area contributed by atoms with E-state index in [0.29, 0.717) is 68.6 Å². The number of ether oxygens (including phenoxy) is 5. The second-order valence-corrected chi connectivity index (χ2v) is 19.8. The van der Waals surface area contributed by atoms with E-state index in [9.17, 15) is 61.0 Å².